The van der Waals surface area contributed by atoms with Gasteiger partial charge in [-0.05, 0) is 93.4 Å². The van der Waals surface area contributed by atoms with Crippen molar-refractivity contribution < 1.29 is 0 Å². The molecule has 0 radical (unpaired) electrons. The van der Waals surface area contributed by atoms with E-state index < -0.39 is 0 Å². The molecular formula is C19H7Br4ClN2S. The average Bonchev–Trinajstić information content (AvgIpc) is 3.17. The molecular weight excluding hydrogens is 643 g/mol. The molecule has 1 N–H and O–H groups in total. The molecule has 0 aliphatic carbocycles. The molecule has 2 nitrogen and oxygen atoms in total. The first-order valence-electron chi connectivity index (χ1n) is 7.78. The summed E-state index contributed by atoms with van der Waals surface area (Å²) in [4.78, 5) is 8.52. The van der Waals surface area contributed by atoms with E-state index in [1.165, 1.54) is 0 Å². The Labute approximate surface area is 196 Å². The molecule has 134 valence electrons. The minimum atomic E-state index is 0.710. The number of thiophene rings is 1. The summed E-state index contributed by atoms with van der Waals surface area (Å²) in [6, 6.07) is 12.0. The number of aromatic nitrogens is 2. The maximum Gasteiger partial charge on any atom is 0.140 e. The van der Waals surface area contributed by atoms with E-state index >= 15 is 0 Å². The fourth-order valence-corrected chi connectivity index (χ4v) is 7.26. The molecule has 0 fully saturated rings. The Morgan fingerprint density at radius 2 is 1.70 bits per heavy atom. The second-order valence-corrected chi connectivity index (χ2v) is 11.3. The van der Waals surface area contributed by atoms with Gasteiger partial charge in [0.15, 0.2) is 0 Å². The molecule has 0 aliphatic heterocycles. The van der Waals surface area contributed by atoms with Crippen LogP contribution in [0.2, 0.25) is 5.02 Å². The fourth-order valence-electron chi connectivity index (χ4n) is 3.30. The second-order valence-electron chi connectivity index (χ2n) is 5.99. The highest BCUT2D eigenvalue weighted by Gasteiger charge is 2.20. The number of hydrogen-bond acceptors (Lipinski definition) is 2. The zero-order chi connectivity index (χ0) is 18.9. The zero-order valence-corrected chi connectivity index (χ0v) is 21.1. The number of nitrogens with zero attached hydrogens (tertiary/aromatic N) is 1. The summed E-state index contributed by atoms with van der Waals surface area (Å²) < 4.78 is 5.18. The minimum absolute atomic E-state index is 0.710. The van der Waals surface area contributed by atoms with Gasteiger partial charge in [-0.25, -0.2) is 4.98 Å². The Morgan fingerprint density at radius 1 is 0.963 bits per heavy atom. The summed E-state index contributed by atoms with van der Waals surface area (Å²) in [5.41, 5.74) is 2.96. The van der Waals surface area contributed by atoms with Crippen LogP contribution in [0.1, 0.15) is 0 Å². The van der Waals surface area contributed by atoms with Crippen molar-refractivity contribution in [2.24, 2.45) is 0 Å². The summed E-state index contributed by atoms with van der Waals surface area (Å²) in [5.74, 6) is 0.814. The van der Waals surface area contributed by atoms with Gasteiger partial charge in [-0.15, -0.1) is 11.3 Å². The first kappa shape index (κ1) is 18.6. The van der Waals surface area contributed by atoms with Crippen molar-refractivity contribution >= 4 is 119 Å². The van der Waals surface area contributed by atoms with E-state index in [1.54, 1.807) is 11.3 Å². The van der Waals surface area contributed by atoms with Crippen molar-refractivity contribution in [1.82, 2.24) is 9.97 Å². The van der Waals surface area contributed by atoms with Crippen molar-refractivity contribution in [3.05, 3.63) is 58.6 Å². The van der Waals surface area contributed by atoms with Gasteiger partial charge < -0.3 is 4.98 Å². The Morgan fingerprint density at radius 3 is 2.44 bits per heavy atom. The number of rotatable bonds is 1. The molecule has 0 aliphatic rings. The summed E-state index contributed by atoms with van der Waals surface area (Å²) in [6.45, 7) is 0. The Kier molecular flexibility index (Phi) is 4.69. The van der Waals surface area contributed by atoms with E-state index in [0.717, 1.165) is 60.5 Å². The third-order valence-corrected chi connectivity index (χ3v) is 9.47. The van der Waals surface area contributed by atoms with Crippen molar-refractivity contribution in [2.75, 3.05) is 0 Å². The molecule has 0 spiro atoms. The van der Waals surface area contributed by atoms with Crippen LogP contribution in [0, 0.1) is 0 Å². The number of H-pyrrole nitrogens is 1. The molecule has 27 heavy (non-hydrogen) atoms. The SMILES string of the molecule is Clc1ccc2c(c1)c1c(Br)c(Br)sc1c1[nH]c(-c3c(Br)cccc3Br)nc21. The smallest absolute Gasteiger partial charge is 0.140 e. The quantitative estimate of drug-likeness (QED) is 0.193. The van der Waals surface area contributed by atoms with Crippen LogP contribution >= 0.6 is 86.7 Å². The number of halogens is 5. The largest absolute Gasteiger partial charge is 0.337 e. The molecule has 3 aromatic carbocycles. The number of aromatic amines is 1. The number of benzene rings is 3. The normalized spacial score (nSPS) is 11.9. The molecule has 0 unspecified atom stereocenters. The number of fused-ring (bicyclic) bond motifs is 6. The first-order valence-corrected chi connectivity index (χ1v) is 12.1. The van der Waals surface area contributed by atoms with E-state index in [4.69, 9.17) is 16.6 Å². The molecule has 8 heteroatoms. The molecule has 2 heterocycles. The predicted molar refractivity (Wildman–Crippen MR) is 130 cm³/mol. The summed E-state index contributed by atoms with van der Waals surface area (Å²) >= 11 is 22.7. The van der Waals surface area contributed by atoms with E-state index in [-0.39, 0.29) is 0 Å². The third kappa shape index (κ3) is 2.85. The average molecular weight is 650 g/mol. The van der Waals surface area contributed by atoms with Crippen molar-refractivity contribution in [3.8, 4) is 11.4 Å². The van der Waals surface area contributed by atoms with Crippen LogP contribution in [0.3, 0.4) is 0 Å². The highest BCUT2D eigenvalue weighted by molar-refractivity contribution is 9.13. The second kappa shape index (κ2) is 6.82. The summed E-state index contributed by atoms with van der Waals surface area (Å²) in [5, 5.41) is 4.00. The fraction of sp³-hybridized carbons (Fsp3) is 0. The summed E-state index contributed by atoms with van der Waals surface area (Å²) in [7, 11) is 0. The van der Waals surface area contributed by atoms with Crippen LogP contribution < -0.4 is 0 Å². The van der Waals surface area contributed by atoms with Crippen LogP contribution in [-0.2, 0) is 0 Å². The predicted octanol–water partition coefficient (Wildman–Crippen LogP) is 9.30. The molecule has 2 aromatic heterocycles. The van der Waals surface area contributed by atoms with E-state index in [1.807, 2.05) is 36.4 Å². The van der Waals surface area contributed by atoms with Crippen LogP contribution in [0.5, 0.6) is 0 Å². The lowest BCUT2D eigenvalue weighted by atomic mass is 10.1. The molecule has 0 atom stereocenters. The lowest BCUT2D eigenvalue weighted by molar-refractivity contribution is 1.32. The standard InChI is InChI=1S/C19H7Br4ClN2S/c20-10-2-1-3-11(21)13(10)19-25-15-8-5-4-7(24)6-9(8)12-14(22)18(23)27-17(12)16(15)26-19/h1-6H,(H,25,26). The van der Waals surface area contributed by atoms with Crippen LogP contribution in [0.4, 0.5) is 0 Å². The highest BCUT2D eigenvalue weighted by atomic mass is 79.9. The maximum absolute atomic E-state index is 6.31. The number of nitrogens with one attached hydrogen (secondary N) is 1. The minimum Gasteiger partial charge on any atom is -0.337 e. The van der Waals surface area contributed by atoms with Gasteiger partial charge in [-0.2, -0.15) is 0 Å². The molecule has 0 amide bonds. The van der Waals surface area contributed by atoms with Gasteiger partial charge in [0.25, 0.3) is 0 Å². The lowest BCUT2D eigenvalue weighted by Crippen LogP contribution is -1.84. The van der Waals surface area contributed by atoms with Crippen LogP contribution in [-0.4, -0.2) is 9.97 Å². The third-order valence-electron chi connectivity index (χ3n) is 4.45. The van der Waals surface area contributed by atoms with Crippen molar-refractivity contribution in [2.45, 2.75) is 0 Å². The van der Waals surface area contributed by atoms with Gasteiger partial charge in [0.1, 0.15) is 5.82 Å². The van der Waals surface area contributed by atoms with Gasteiger partial charge in [0.2, 0.25) is 0 Å². The molecule has 5 rings (SSSR count). The van der Waals surface area contributed by atoms with Gasteiger partial charge in [-0.1, -0.05) is 23.7 Å². The molecule has 0 saturated carbocycles. The Hall–Kier alpha value is -0.440. The van der Waals surface area contributed by atoms with Gasteiger partial charge in [-0.3, -0.25) is 0 Å². The van der Waals surface area contributed by atoms with Crippen molar-refractivity contribution in [1.29, 1.82) is 0 Å². The van der Waals surface area contributed by atoms with E-state index in [2.05, 4.69) is 68.7 Å². The van der Waals surface area contributed by atoms with Crippen molar-refractivity contribution in [3.63, 3.8) is 0 Å². The lowest BCUT2D eigenvalue weighted by Gasteiger charge is -2.03. The maximum atomic E-state index is 6.31. The molecule has 0 saturated heterocycles. The van der Waals surface area contributed by atoms with Crippen LogP contribution in [0.25, 0.3) is 43.3 Å². The molecule has 0 bridgehead atoms. The Balaban J connectivity index is 2.00. The monoisotopic (exact) mass is 646 g/mol. The van der Waals surface area contributed by atoms with Crippen LogP contribution in [0.15, 0.2) is 53.6 Å². The van der Waals surface area contributed by atoms with Gasteiger partial charge in [0, 0.05) is 30.3 Å². The van der Waals surface area contributed by atoms with E-state index in [9.17, 15) is 0 Å². The van der Waals surface area contributed by atoms with Gasteiger partial charge >= 0.3 is 0 Å². The summed E-state index contributed by atoms with van der Waals surface area (Å²) in [6.07, 6.45) is 0. The van der Waals surface area contributed by atoms with E-state index in [0.29, 0.717) is 5.02 Å². The number of hydrogen-bond donors (Lipinski definition) is 1. The molecule has 5 aromatic rings. The topological polar surface area (TPSA) is 28.7 Å². The zero-order valence-electron chi connectivity index (χ0n) is 13.2. The first-order chi connectivity index (χ1) is 13.0. The number of imidazole rings is 1. The Bertz CT molecular complexity index is 1370. The highest BCUT2D eigenvalue weighted by Crippen LogP contribution is 2.47. The van der Waals surface area contributed by atoms with Gasteiger partial charge in [0.05, 0.1) is 24.0 Å².